The number of anilines is 1. The number of carbonyl (C=O) groups is 1. The highest BCUT2D eigenvalue weighted by Crippen LogP contribution is 2.36. The number of para-hydroxylation sites is 1. The minimum atomic E-state index is -0.685. The molecule has 3 aromatic carbocycles. The molecule has 1 amide bonds. The molecule has 4 aromatic rings. The minimum Gasteiger partial charge on any atom is -0.340 e. The van der Waals surface area contributed by atoms with Crippen LogP contribution in [0.4, 0.5) is 5.95 Å². The van der Waals surface area contributed by atoms with Crippen molar-refractivity contribution in [2.24, 2.45) is 5.10 Å². The molecule has 1 unspecified atom stereocenters. The van der Waals surface area contributed by atoms with Crippen molar-refractivity contribution in [2.45, 2.75) is 19.4 Å². The number of hydrogen-bond donors (Lipinski definition) is 0. The van der Waals surface area contributed by atoms with Crippen molar-refractivity contribution in [1.29, 1.82) is 0 Å². The van der Waals surface area contributed by atoms with Crippen molar-refractivity contribution in [1.82, 2.24) is 19.7 Å². The number of rotatable bonds is 4. The first-order valence-electron chi connectivity index (χ1n) is 11.6. The summed E-state index contributed by atoms with van der Waals surface area (Å²) in [4.78, 5) is 15.7. The van der Waals surface area contributed by atoms with Crippen LogP contribution in [-0.2, 0) is 4.79 Å². The molecule has 1 aromatic heterocycles. The van der Waals surface area contributed by atoms with E-state index in [9.17, 15) is 4.79 Å². The molecule has 0 bridgehead atoms. The van der Waals surface area contributed by atoms with E-state index >= 15 is 0 Å². The number of carbonyl (C=O) groups excluding carboxylic acids is 1. The lowest BCUT2D eigenvalue weighted by atomic mass is 10.0. The number of likely N-dealkylation sites (tertiary alicyclic amines) is 1. The van der Waals surface area contributed by atoms with E-state index in [-0.39, 0.29) is 5.91 Å². The Morgan fingerprint density at radius 3 is 2.34 bits per heavy atom. The predicted octanol–water partition coefficient (Wildman–Crippen LogP) is 4.78. The summed E-state index contributed by atoms with van der Waals surface area (Å²) in [6.07, 6.45) is 1.01. The summed E-state index contributed by atoms with van der Waals surface area (Å²) >= 11 is 6.19. The number of halogens is 1. The molecule has 0 aliphatic carbocycles. The van der Waals surface area contributed by atoms with Gasteiger partial charge < -0.3 is 4.90 Å². The Labute approximate surface area is 208 Å². The van der Waals surface area contributed by atoms with Crippen molar-refractivity contribution in [3.63, 3.8) is 0 Å². The number of fused-ring (bicyclic) bond motifs is 3. The van der Waals surface area contributed by atoms with Gasteiger partial charge in [-0.1, -0.05) is 72.3 Å². The molecule has 3 heterocycles. The standard InChI is InChI=1S/C27H23ClN6O/c1-18-29-30-27-33(18)23-11-6-5-10-22(23)24(19-12-14-21(28)15-13-19)31-34(27)25(20-8-3-2-4-9-20)26(35)32-16-7-17-32/h2-6,8-15,25H,7,16-17H2,1H3. The largest absolute Gasteiger partial charge is 0.340 e. The van der Waals surface area contributed by atoms with Crippen molar-refractivity contribution >= 4 is 29.2 Å². The van der Waals surface area contributed by atoms with Gasteiger partial charge in [0.2, 0.25) is 0 Å². The molecule has 0 N–H and O–H groups in total. The first-order chi connectivity index (χ1) is 17.1. The first kappa shape index (κ1) is 21.6. The zero-order valence-corrected chi connectivity index (χ0v) is 19.9. The minimum absolute atomic E-state index is 0.000171. The third-order valence-corrected chi connectivity index (χ3v) is 6.75. The van der Waals surface area contributed by atoms with E-state index in [0.717, 1.165) is 47.6 Å². The number of hydrogen-bond acceptors (Lipinski definition) is 5. The highest BCUT2D eigenvalue weighted by atomic mass is 35.5. The van der Waals surface area contributed by atoms with E-state index in [2.05, 4.69) is 10.2 Å². The van der Waals surface area contributed by atoms with Gasteiger partial charge in [0, 0.05) is 29.2 Å². The summed E-state index contributed by atoms with van der Waals surface area (Å²) in [7, 11) is 0. The van der Waals surface area contributed by atoms with Gasteiger partial charge >= 0.3 is 0 Å². The highest BCUT2D eigenvalue weighted by Gasteiger charge is 2.38. The third-order valence-electron chi connectivity index (χ3n) is 6.50. The van der Waals surface area contributed by atoms with Crippen LogP contribution in [0.5, 0.6) is 0 Å². The second-order valence-corrected chi connectivity index (χ2v) is 9.13. The van der Waals surface area contributed by atoms with E-state index in [0.29, 0.717) is 16.8 Å². The summed E-state index contributed by atoms with van der Waals surface area (Å²) in [5.41, 5.74) is 4.31. The van der Waals surface area contributed by atoms with Gasteiger partial charge in [0.25, 0.3) is 11.9 Å². The molecule has 7 nitrogen and oxygen atoms in total. The highest BCUT2D eigenvalue weighted by molar-refractivity contribution is 6.30. The second kappa shape index (κ2) is 8.67. The van der Waals surface area contributed by atoms with Crippen LogP contribution in [0.25, 0.3) is 5.69 Å². The zero-order chi connectivity index (χ0) is 23.9. The topological polar surface area (TPSA) is 66.6 Å². The monoisotopic (exact) mass is 482 g/mol. The number of hydrazone groups is 1. The SMILES string of the molecule is Cc1nnc2n1-c1ccccc1C(c1ccc(Cl)cc1)=NN2C(C(=O)N1CCC1)c1ccccc1. The summed E-state index contributed by atoms with van der Waals surface area (Å²) < 4.78 is 1.97. The molecule has 2 aliphatic rings. The molecule has 2 aliphatic heterocycles. The molecule has 1 fully saturated rings. The number of benzene rings is 3. The molecular weight excluding hydrogens is 460 g/mol. The summed E-state index contributed by atoms with van der Waals surface area (Å²) in [5.74, 6) is 1.22. The van der Waals surface area contributed by atoms with Crippen LogP contribution in [0.3, 0.4) is 0 Å². The molecular formula is C27H23ClN6O. The van der Waals surface area contributed by atoms with E-state index in [1.54, 1.807) is 5.01 Å². The lowest BCUT2D eigenvalue weighted by Gasteiger charge is -2.37. The number of aryl methyl sites for hydroxylation is 1. The molecule has 1 atom stereocenters. The molecule has 1 saturated heterocycles. The van der Waals surface area contributed by atoms with E-state index in [1.807, 2.05) is 95.3 Å². The summed E-state index contributed by atoms with van der Waals surface area (Å²) in [6.45, 7) is 3.40. The van der Waals surface area contributed by atoms with Gasteiger partial charge in [-0.3, -0.25) is 9.36 Å². The van der Waals surface area contributed by atoms with Crippen LogP contribution in [-0.4, -0.2) is 44.4 Å². The van der Waals surface area contributed by atoms with Crippen LogP contribution in [0.15, 0.2) is 84.0 Å². The molecule has 174 valence electrons. The Kier molecular flexibility index (Phi) is 5.34. The van der Waals surface area contributed by atoms with Crippen LogP contribution in [0.1, 0.15) is 35.0 Å². The maximum Gasteiger partial charge on any atom is 0.253 e. The van der Waals surface area contributed by atoms with Crippen molar-refractivity contribution in [2.75, 3.05) is 18.1 Å². The van der Waals surface area contributed by atoms with Gasteiger partial charge in [0.05, 0.1) is 5.69 Å². The van der Waals surface area contributed by atoms with E-state index in [1.165, 1.54) is 0 Å². The lowest BCUT2D eigenvalue weighted by molar-refractivity contribution is -0.136. The fourth-order valence-corrected chi connectivity index (χ4v) is 4.71. The van der Waals surface area contributed by atoms with Crippen LogP contribution >= 0.6 is 11.6 Å². The Morgan fingerprint density at radius 2 is 1.63 bits per heavy atom. The molecule has 0 saturated carbocycles. The average molecular weight is 483 g/mol. The third kappa shape index (κ3) is 3.68. The number of nitrogens with zero attached hydrogens (tertiary/aromatic N) is 6. The van der Waals surface area contributed by atoms with Gasteiger partial charge in [0.15, 0.2) is 6.04 Å². The Morgan fingerprint density at radius 1 is 0.914 bits per heavy atom. The van der Waals surface area contributed by atoms with Gasteiger partial charge in [-0.2, -0.15) is 5.10 Å². The molecule has 0 radical (unpaired) electrons. The summed E-state index contributed by atoms with van der Waals surface area (Å²) in [5, 5.41) is 16.4. The second-order valence-electron chi connectivity index (χ2n) is 8.69. The number of aromatic nitrogens is 3. The van der Waals surface area contributed by atoms with E-state index in [4.69, 9.17) is 16.7 Å². The Bertz CT molecular complexity index is 1430. The van der Waals surface area contributed by atoms with Crippen molar-refractivity contribution < 1.29 is 4.79 Å². The van der Waals surface area contributed by atoms with Crippen molar-refractivity contribution in [3.8, 4) is 5.69 Å². The van der Waals surface area contributed by atoms with Crippen LogP contribution in [0, 0.1) is 6.92 Å². The molecule has 35 heavy (non-hydrogen) atoms. The fraction of sp³-hybridized carbons (Fsp3) is 0.185. The predicted molar refractivity (Wildman–Crippen MR) is 136 cm³/mol. The zero-order valence-electron chi connectivity index (χ0n) is 19.2. The lowest BCUT2D eigenvalue weighted by Crippen LogP contribution is -2.48. The fourth-order valence-electron chi connectivity index (χ4n) is 4.58. The van der Waals surface area contributed by atoms with Crippen molar-refractivity contribution in [3.05, 3.63) is 106 Å². The maximum atomic E-state index is 13.9. The maximum absolute atomic E-state index is 13.9. The summed E-state index contributed by atoms with van der Waals surface area (Å²) in [6, 6.07) is 24.7. The van der Waals surface area contributed by atoms with Gasteiger partial charge in [-0.15, -0.1) is 10.2 Å². The molecule has 8 heteroatoms. The van der Waals surface area contributed by atoms with Crippen LogP contribution < -0.4 is 5.01 Å². The average Bonchev–Trinajstić information content (AvgIpc) is 3.16. The number of amides is 1. The van der Waals surface area contributed by atoms with Gasteiger partial charge in [-0.25, -0.2) is 5.01 Å². The Hall–Kier alpha value is -3.97. The molecule has 0 spiro atoms. The van der Waals surface area contributed by atoms with Gasteiger partial charge in [-0.05, 0) is 37.1 Å². The first-order valence-corrected chi connectivity index (χ1v) is 12.0. The quantitative estimate of drug-likeness (QED) is 0.420. The normalized spacial score (nSPS) is 15.4. The van der Waals surface area contributed by atoms with Crippen LogP contribution in [0.2, 0.25) is 5.02 Å². The smallest absolute Gasteiger partial charge is 0.253 e. The Balaban J connectivity index is 1.62. The van der Waals surface area contributed by atoms with Gasteiger partial charge in [0.1, 0.15) is 11.5 Å². The molecule has 6 rings (SSSR count). The van der Waals surface area contributed by atoms with E-state index < -0.39 is 6.04 Å².